The molecule has 1 N–H and O–H groups in total. The highest BCUT2D eigenvalue weighted by molar-refractivity contribution is 7.20. The third-order valence-corrected chi connectivity index (χ3v) is 9.13. The van der Waals surface area contributed by atoms with Gasteiger partial charge in [-0.05, 0) is 44.9 Å². The molecule has 1 aliphatic rings. The van der Waals surface area contributed by atoms with Crippen molar-refractivity contribution in [3.8, 4) is 0 Å². The van der Waals surface area contributed by atoms with Gasteiger partial charge in [-0.1, -0.05) is 32.1 Å². The number of nitrogens with zero attached hydrogens (tertiary/aromatic N) is 6. The van der Waals surface area contributed by atoms with E-state index in [9.17, 15) is 9.59 Å². The van der Waals surface area contributed by atoms with E-state index in [0.29, 0.717) is 23.8 Å². The second-order valence-electron chi connectivity index (χ2n) is 10.6. The molecule has 0 spiro atoms. The minimum absolute atomic E-state index is 0.0557. The number of amides is 2. The number of rotatable bonds is 4. The monoisotopic (exact) mass is 537 g/mol. The number of aryl methyl sites for hydroxylation is 3. The number of thiophene rings is 1. The van der Waals surface area contributed by atoms with Crippen molar-refractivity contribution < 1.29 is 9.59 Å². The van der Waals surface area contributed by atoms with Gasteiger partial charge in [0.1, 0.15) is 9.84 Å². The second kappa shape index (κ2) is 9.60. The van der Waals surface area contributed by atoms with Crippen LogP contribution in [0.25, 0.3) is 10.2 Å². The first-order valence-corrected chi connectivity index (χ1v) is 14.0. The van der Waals surface area contributed by atoms with Gasteiger partial charge in [0, 0.05) is 42.6 Å². The molecule has 5 rings (SSSR count). The minimum atomic E-state index is -0.230. The molecule has 9 nitrogen and oxygen atoms in total. The fourth-order valence-corrected chi connectivity index (χ4v) is 6.53. The smallest absolute Gasteiger partial charge is 0.264 e. The van der Waals surface area contributed by atoms with Crippen LogP contribution in [0.2, 0.25) is 0 Å². The maximum absolute atomic E-state index is 13.3. The molecule has 5 heterocycles. The lowest BCUT2D eigenvalue weighted by Gasteiger charge is -2.32. The van der Waals surface area contributed by atoms with Crippen molar-refractivity contribution in [2.75, 3.05) is 18.4 Å². The van der Waals surface area contributed by atoms with Gasteiger partial charge in [0.25, 0.3) is 11.8 Å². The van der Waals surface area contributed by atoms with E-state index >= 15 is 0 Å². The number of piperidine rings is 1. The first kappa shape index (κ1) is 25.5. The maximum atomic E-state index is 13.3. The molecular formula is C26H31N7O2S2. The number of hydrogen-bond donors (Lipinski definition) is 1. The summed E-state index contributed by atoms with van der Waals surface area (Å²) in [6.07, 6.45) is 1.50. The van der Waals surface area contributed by atoms with Gasteiger partial charge in [-0.3, -0.25) is 24.6 Å². The highest BCUT2D eigenvalue weighted by Gasteiger charge is 2.30. The van der Waals surface area contributed by atoms with Gasteiger partial charge in [0.05, 0.1) is 21.8 Å². The van der Waals surface area contributed by atoms with Crippen molar-refractivity contribution >= 4 is 49.8 Å². The summed E-state index contributed by atoms with van der Waals surface area (Å²) in [5, 5.41) is 18.1. The highest BCUT2D eigenvalue weighted by atomic mass is 32.1. The summed E-state index contributed by atoms with van der Waals surface area (Å²) in [5.41, 5.74) is 3.01. The van der Waals surface area contributed by atoms with Crippen LogP contribution >= 0.6 is 22.7 Å². The first-order chi connectivity index (χ1) is 17.5. The van der Waals surface area contributed by atoms with Crippen LogP contribution < -0.4 is 5.32 Å². The molecule has 2 amide bonds. The molecule has 0 bridgehead atoms. The molecule has 0 radical (unpaired) electrons. The quantitative estimate of drug-likeness (QED) is 0.390. The van der Waals surface area contributed by atoms with Crippen LogP contribution in [0.3, 0.4) is 0 Å². The fourth-order valence-electron chi connectivity index (χ4n) is 4.64. The zero-order valence-electron chi connectivity index (χ0n) is 22.0. The summed E-state index contributed by atoms with van der Waals surface area (Å²) < 4.78 is 1.83. The predicted octanol–water partition coefficient (Wildman–Crippen LogP) is 5.07. The predicted molar refractivity (Wildman–Crippen MR) is 147 cm³/mol. The summed E-state index contributed by atoms with van der Waals surface area (Å²) in [5.74, 6) is -0.0786. The Morgan fingerprint density at radius 1 is 1.08 bits per heavy atom. The molecule has 1 saturated heterocycles. The van der Waals surface area contributed by atoms with Crippen LogP contribution in [-0.2, 0) is 12.5 Å². The third kappa shape index (κ3) is 5.02. The number of aromatic nitrogens is 5. The van der Waals surface area contributed by atoms with Crippen molar-refractivity contribution in [2.45, 2.75) is 58.8 Å². The number of anilines is 1. The molecule has 0 atom stereocenters. The lowest BCUT2D eigenvalue weighted by Crippen LogP contribution is -2.38. The zero-order valence-corrected chi connectivity index (χ0v) is 23.6. The lowest BCUT2D eigenvalue weighted by atomic mass is 9.89. The van der Waals surface area contributed by atoms with E-state index in [1.54, 1.807) is 0 Å². The number of likely N-dealkylation sites (tertiary alicyclic amines) is 1. The van der Waals surface area contributed by atoms with Crippen LogP contribution in [0.4, 0.5) is 5.13 Å². The molecular weight excluding hydrogens is 506 g/mol. The van der Waals surface area contributed by atoms with Gasteiger partial charge >= 0.3 is 0 Å². The number of nitrogens with one attached hydrogen (secondary N) is 1. The first-order valence-electron chi connectivity index (χ1n) is 12.4. The molecule has 0 aromatic carbocycles. The van der Waals surface area contributed by atoms with Gasteiger partial charge in [-0.15, -0.1) is 21.5 Å². The molecule has 0 saturated carbocycles. The number of carbonyl (C=O) groups is 2. The zero-order chi connectivity index (χ0) is 26.5. The topological polar surface area (TPSA) is 106 Å². The molecule has 1 aliphatic heterocycles. The molecule has 0 unspecified atom stereocenters. The van der Waals surface area contributed by atoms with Crippen LogP contribution in [0.1, 0.15) is 81.6 Å². The summed E-state index contributed by atoms with van der Waals surface area (Å²) in [6, 6.07) is 5.65. The number of hydrogen-bond acceptors (Lipinski definition) is 8. The third-order valence-electron chi connectivity index (χ3n) is 6.67. The van der Waals surface area contributed by atoms with E-state index < -0.39 is 0 Å². The summed E-state index contributed by atoms with van der Waals surface area (Å²) in [6.45, 7) is 11.3. The second-order valence-corrected chi connectivity index (χ2v) is 12.6. The average molecular weight is 538 g/mol. The highest BCUT2D eigenvalue weighted by Crippen LogP contribution is 2.33. The van der Waals surface area contributed by atoms with Gasteiger partial charge in [0.15, 0.2) is 0 Å². The van der Waals surface area contributed by atoms with Crippen LogP contribution in [-0.4, -0.2) is 54.8 Å². The van der Waals surface area contributed by atoms with Crippen molar-refractivity contribution in [1.29, 1.82) is 0 Å². The standard InChI is InChI=1S/C26H31N7O2S2/c1-14-7-8-17(21(34)28-25-30-29-24(37-25)26(3,4)5)20(27-14)16-9-11-33(12-10-16)22(35)19-13-18-15(2)31-32(6)23(18)36-19/h7-8,13,16H,9-12H2,1-6H3,(H,28,30,34). The van der Waals surface area contributed by atoms with Crippen molar-refractivity contribution in [1.82, 2.24) is 29.9 Å². The largest absolute Gasteiger partial charge is 0.338 e. The Morgan fingerprint density at radius 3 is 2.46 bits per heavy atom. The molecule has 4 aromatic heterocycles. The van der Waals surface area contributed by atoms with E-state index in [1.165, 1.54) is 22.7 Å². The van der Waals surface area contributed by atoms with Crippen LogP contribution in [0, 0.1) is 13.8 Å². The number of carbonyl (C=O) groups excluding carboxylic acids is 2. The van der Waals surface area contributed by atoms with Gasteiger partial charge in [-0.2, -0.15) is 5.10 Å². The van der Waals surface area contributed by atoms with E-state index in [4.69, 9.17) is 4.98 Å². The van der Waals surface area contributed by atoms with E-state index in [1.807, 2.05) is 48.7 Å². The van der Waals surface area contributed by atoms with Crippen molar-refractivity contribution in [2.24, 2.45) is 7.05 Å². The minimum Gasteiger partial charge on any atom is -0.338 e. The molecule has 11 heteroatoms. The number of pyridine rings is 1. The summed E-state index contributed by atoms with van der Waals surface area (Å²) in [4.78, 5) is 34.9. The molecule has 4 aromatic rings. The van der Waals surface area contributed by atoms with Crippen LogP contribution in [0.5, 0.6) is 0 Å². The SMILES string of the molecule is Cc1ccc(C(=O)Nc2nnc(C(C)(C)C)s2)c(C2CCN(C(=O)c3cc4c(C)nn(C)c4s3)CC2)n1. The van der Waals surface area contributed by atoms with Gasteiger partial charge in [0.2, 0.25) is 5.13 Å². The number of fused-ring (bicyclic) bond motifs is 1. The Balaban J connectivity index is 1.30. The average Bonchev–Trinajstić information content (AvgIpc) is 3.56. The lowest BCUT2D eigenvalue weighted by molar-refractivity contribution is 0.0716. The Labute approximate surface area is 223 Å². The van der Waals surface area contributed by atoms with Gasteiger partial charge < -0.3 is 4.90 Å². The Hall–Kier alpha value is -3.18. The maximum Gasteiger partial charge on any atom is 0.264 e. The van der Waals surface area contributed by atoms with E-state index in [2.05, 4.69) is 41.4 Å². The molecule has 194 valence electrons. The molecule has 0 aliphatic carbocycles. The van der Waals surface area contributed by atoms with E-state index in [-0.39, 0.29) is 23.1 Å². The van der Waals surface area contributed by atoms with Crippen molar-refractivity contribution in [3.05, 3.63) is 50.7 Å². The molecule has 1 fully saturated rings. The Kier molecular flexibility index (Phi) is 6.61. The van der Waals surface area contributed by atoms with E-state index in [0.717, 1.165) is 50.0 Å². The Bertz CT molecular complexity index is 1450. The normalized spacial score (nSPS) is 14.9. The molecule has 37 heavy (non-hydrogen) atoms. The van der Waals surface area contributed by atoms with Gasteiger partial charge in [-0.25, -0.2) is 0 Å². The van der Waals surface area contributed by atoms with Crippen molar-refractivity contribution in [3.63, 3.8) is 0 Å². The summed E-state index contributed by atoms with van der Waals surface area (Å²) in [7, 11) is 1.91. The Morgan fingerprint density at radius 2 is 1.81 bits per heavy atom. The van der Waals surface area contributed by atoms with Crippen LogP contribution in [0.15, 0.2) is 18.2 Å². The summed E-state index contributed by atoms with van der Waals surface area (Å²) >= 11 is 2.88. The fraction of sp³-hybridized carbons (Fsp3) is 0.462.